The summed E-state index contributed by atoms with van der Waals surface area (Å²) in [5.41, 5.74) is 5.23. The number of fused-ring (bicyclic) bond motifs is 2. The lowest BCUT2D eigenvalue weighted by atomic mass is 10.2. The molecule has 0 fully saturated rings. The summed E-state index contributed by atoms with van der Waals surface area (Å²) in [6.45, 7) is 0.0589. The maximum atomic E-state index is 12.2. The molecule has 1 unspecified atom stereocenters. The van der Waals surface area contributed by atoms with Gasteiger partial charge in [0.25, 0.3) is 5.91 Å². The molecule has 1 aliphatic heterocycles. The van der Waals surface area contributed by atoms with Crippen LogP contribution in [-0.2, 0) is 4.79 Å². The van der Waals surface area contributed by atoms with Gasteiger partial charge in [-0.1, -0.05) is 30.3 Å². The van der Waals surface area contributed by atoms with E-state index in [1.54, 1.807) is 30.3 Å². The summed E-state index contributed by atoms with van der Waals surface area (Å²) >= 11 is 0. The number of carbonyl (C=O) groups excluding carboxylic acids is 2. The first-order chi connectivity index (χ1) is 12.2. The highest BCUT2D eigenvalue weighted by molar-refractivity contribution is 5.97. The van der Waals surface area contributed by atoms with Crippen LogP contribution < -0.4 is 20.3 Å². The topological polar surface area (TPSA) is 89.8 Å². The highest BCUT2D eigenvalue weighted by Gasteiger charge is 2.27. The Labute approximate surface area is 142 Å². The van der Waals surface area contributed by atoms with Crippen molar-refractivity contribution in [1.29, 1.82) is 0 Å². The van der Waals surface area contributed by atoms with E-state index in [4.69, 9.17) is 13.9 Å². The van der Waals surface area contributed by atoms with E-state index in [1.165, 1.54) is 0 Å². The second-order valence-corrected chi connectivity index (χ2v) is 5.46. The van der Waals surface area contributed by atoms with Crippen LogP contribution in [0.2, 0.25) is 0 Å². The zero-order valence-corrected chi connectivity index (χ0v) is 13.0. The minimum absolute atomic E-state index is 0.0589. The molecule has 7 nitrogen and oxygen atoms in total. The summed E-state index contributed by atoms with van der Waals surface area (Å²) in [5, 5.41) is 0.805. The van der Waals surface area contributed by atoms with Crippen molar-refractivity contribution >= 4 is 22.8 Å². The predicted octanol–water partition coefficient (Wildman–Crippen LogP) is 2.03. The third-order valence-electron chi connectivity index (χ3n) is 3.75. The summed E-state index contributed by atoms with van der Waals surface area (Å²) in [6.07, 6.45) is -0.856. The molecule has 0 saturated carbocycles. The van der Waals surface area contributed by atoms with Crippen LogP contribution in [0.1, 0.15) is 10.6 Å². The first-order valence-corrected chi connectivity index (χ1v) is 7.68. The molecule has 2 aromatic carbocycles. The number of ether oxygens (including phenoxy) is 2. The van der Waals surface area contributed by atoms with Gasteiger partial charge in [-0.15, -0.1) is 0 Å². The highest BCUT2D eigenvalue weighted by Crippen LogP contribution is 2.30. The van der Waals surface area contributed by atoms with Crippen molar-refractivity contribution in [2.24, 2.45) is 0 Å². The smallest absolute Gasteiger partial charge is 0.305 e. The average Bonchev–Trinajstić information content (AvgIpc) is 3.09. The SMILES string of the molecule is O=C(NNC(=O)C1COc2ccccc2O1)c1cc2ccccc2o1. The van der Waals surface area contributed by atoms with Gasteiger partial charge in [-0.05, 0) is 24.3 Å². The summed E-state index contributed by atoms with van der Waals surface area (Å²) < 4.78 is 16.5. The molecule has 4 rings (SSSR count). The summed E-state index contributed by atoms with van der Waals surface area (Å²) in [6, 6.07) is 15.9. The fourth-order valence-corrected chi connectivity index (χ4v) is 2.50. The largest absolute Gasteiger partial charge is 0.485 e. The number of benzene rings is 2. The van der Waals surface area contributed by atoms with Gasteiger partial charge in [0.15, 0.2) is 17.3 Å². The van der Waals surface area contributed by atoms with Crippen molar-refractivity contribution in [3.8, 4) is 11.5 Å². The Kier molecular flexibility index (Phi) is 3.74. The third kappa shape index (κ3) is 2.99. The molecular formula is C18H14N2O5. The van der Waals surface area contributed by atoms with Crippen LogP contribution in [0.25, 0.3) is 11.0 Å². The number of hydrazine groups is 1. The van der Waals surface area contributed by atoms with Crippen molar-refractivity contribution in [3.05, 3.63) is 60.4 Å². The Morgan fingerprint density at radius 3 is 2.56 bits per heavy atom. The molecule has 0 saturated heterocycles. The Balaban J connectivity index is 1.38. The minimum atomic E-state index is -0.856. The van der Waals surface area contributed by atoms with Gasteiger partial charge >= 0.3 is 5.91 Å². The number of nitrogens with one attached hydrogen (secondary N) is 2. The number of para-hydroxylation sites is 3. The monoisotopic (exact) mass is 338 g/mol. The van der Waals surface area contributed by atoms with E-state index in [2.05, 4.69) is 10.9 Å². The number of hydrogen-bond acceptors (Lipinski definition) is 5. The molecular weight excluding hydrogens is 324 g/mol. The molecule has 1 atom stereocenters. The molecule has 3 aromatic rings. The van der Waals surface area contributed by atoms with Crippen molar-refractivity contribution in [2.75, 3.05) is 6.61 Å². The van der Waals surface area contributed by atoms with E-state index in [0.717, 1.165) is 5.39 Å². The first-order valence-electron chi connectivity index (χ1n) is 7.68. The van der Waals surface area contributed by atoms with Gasteiger partial charge < -0.3 is 13.9 Å². The van der Waals surface area contributed by atoms with Crippen molar-refractivity contribution < 1.29 is 23.5 Å². The Bertz CT molecular complexity index is 916. The Morgan fingerprint density at radius 1 is 0.960 bits per heavy atom. The second-order valence-electron chi connectivity index (χ2n) is 5.46. The third-order valence-corrected chi connectivity index (χ3v) is 3.75. The fourth-order valence-electron chi connectivity index (χ4n) is 2.50. The van der Waals surface area contributed by atoms with E-state index in [0.29, 0.717) is 17.1 Å². The zero-order valence-electron chi connectivity index (χ0n) is 13.0. The minimum Gasteiger partial charge on any atom is -0.485 e. The van der Waals surface area contributed by atoms with Crippen LogP contribution in [0.3, 0.4) is 0 Å². The van der Waals surface area contributed by atoms with E-state index in [9.17, 15) is 9.59 Å². The van der Waals surface area contributed by atoms with Gasteiger partial charge in [-0.3, -0.25) is 20.4 Å². The predicted molar refractivity (Wildman–Crippen MR) is 88.2 cm³/mol. The van der Waals surface area contributed by atoms with Crippen LogP contribution in [0, 0.1) is 0 Å². The lowest BCUT2D eigenvalue weighted by Gasteiger charge is -2.25. The number of amides is 2. The molecule has 25 heavy (non-hydrogen) atoms. The van der Waals surface area contributed by atoms with Gasteiger partial charge in [0.1, 0.15) is 12.2 Å². The molecule has 0 spiro atoms. The van der Waals surface area contributed by atoms with Crippen molar-refractivity contribution in [1.82, 2.24) is 10.9 Å². The molecule has 2 N–H and O–H groups in total. The molecule has 0 aliphatic carbocycles. The summed E-state index contributed by atoms with van der Waals surface area (Å²) in [5.74, 6) is 0.101. The van der Waals surface area contributed by atoms with Crippen molar-refractivity contribution in [2.45, 2.75) is 6.10 Å². The van der Waals surface area contributed by atoms with Crippen LogP contribution in [0.5, 0.6) is 11.5 Å². The molecule has 1 aliphatic rings. The molecule has 7 heteroatoms. The lowest BCUT2D eigenvalue weighted by molar-refractivity contribution is -0.131. The number of hydrogen-bond donors (Lipinski definition) is 2. The Hall–Kier alpha value is -3.48. The van der Waals surface area contributed by atoms with Crippen molar-refractivity contribution in [3.63, 3.8) is 0 Å². The second kappa shape index (κ2) is 6.20. The van der Waals surface area contributed by atoms with E-state index >= 15 is 0 Å². The number of rotatable bonds is 2. The normalized spacial score (nSPS) is 15.6. The van der Waals surface area contributed by atoms with Gasteiger partial charge in [-0.2, -0.15) is 0 Å². The highest BCUT2D eigenvalue weighted by atomic mass is 16.6. The van der Waals surface area contributed by atoms with Gasteiger partial charge in [-0.25, -0.2) is 0 Å². The van der Waals surface area contributed by atoms with Gasteiger partial charge in [0, 0.05) is 5.39 Å². The van der Waals surface area contributed by atoms with Crippen LogP contribution in [-0.4, -0.2) is 24.5 Å². The maximum Gasteiger partial charge on any atom is 0.305 e. The Morgan fingerprint density at radius 2 is 1.72 bits per heavy atom. The first kappa shape index (κ1) is 15.1. The number of furan rings is 1. The van der Waals surface area contributed by atoms with Crippen LogP contribution >= 0.6 is 0 Å². The lowest BCUT2D eigenvalue weighted by Crippen LogP contribution is -2.50. The zero-order chi connectivity index (χ0) is 17.2. The maximum absolute atomic E-state index is 12.2. The summed E-state index contributed by atoms with van der Waals surface area (Å²) in [7, 11) is 0. The van der Waals surface area contributed by atoms with E-state index in [1.807, 2.05) is 24.3 Å². The van der Waals surface area contributed by atoms with Crippen LogP contribution in [0.4, 0.5) is 0 Å². The molecule has 1 aromatic heterocycles. The quantitative estimate of drug-likeness (QED) is 0.698. The fraction of sp³-hybridized carbons (Fsp3) is 0.111. The summed E-state index contributed by atoms with van der Waals surface area (Å²) in [4.78, 5) is 24.3. The standard InChI is InChI=1S/C18H14N2O5/c21-17(15-9-11-5-1-2-6-12(11)24-15)19-20-18(22)16-10-23-13-7-3-4-8-14(13)25-16/h1-9,16H,10H2,(H,19,21)(H,20,22). The van der Waals surface area contributed by atoms with Gasteiger partial charge in [0.2, 0.25) is 6.10 Å². The molecule has 126 valence electrons. The average molecular weight is 338 g/mol. The van der Waals surface area contributed by atoms with Gasteiger partial charge in [0.05, 0.1) is 0 Å². The van der Waals surface area contributed by atoms with E-state index in [-0.39, 0.29) is 12.4 Å². The van der Waals surface area contributed by atoms with Crippen LogP contribution in [0.15, 0.2) is 59.0 Å². The molecule has 0 radical (unpaired) electrons. The molecule has 2 heterocycles. The number of carbonyl (C=O) groups is 2. The van der Waals surface area contributed by atoms with E-state index < -0.39 is 17.9 Å². The molecule has 2 amide bonds. The molecule has 0 bridgehead atoms.